The van der Waals surface area contributed by atoms with E-state index in [9.17, 15) is 9.90 Å². The van der Waals surface area contributed by atoms with E-state index in [1.54, 1.807) is 13.2 Å². The molecule has 0 aliphatic carbocycles. The van der Waals surface area contributed by atoms with E-state index in [4.69, 9.17) is 35.8 Å². The minimum atomic E-state index is -1.00. The van der Waals surface area contributed by atoms with Crippen LogP contribution in [0.1, 0.15) is 46.3 Å². The molecule has 3 aromatic heterocycles. The van der Waals surface area contributed by atoms with Crippen molar-refractivity contribution in [1.82, 2.24) is 24.0 Å². The van der Waals surface area contributed by atoms with Crippen LogP contribution in [0.5, 0.6) is 11.5 Å². The number of fused-ring (bicyclic) bond motifs is 4. The largest absolute Gasteiger partial charge is 0.494 e. The number of rotatable bonds is 9. The molecule has 10 nitrogen and oxygen atoms in total. The monoisotopic (exact) mass is 607 g/mol. The van der Waals surface area contributed by atoms with Gasteiger partial charge in [-0.05, 0) is 49.7 Å². The first kappa shape index (κ1) is 27.2. The van der Waals surface area contributed by atoms with Gasteiger partial charge in [-0.3, -0.25) is 4.90 Å². The molecule has 0 unspecified atom stereocenters. The molecular formula is C30H30ClN5O5S. The van der Waals surface area contributed by atoms with Gasteiger partial charge in [0.05, 0.1) is 53.3 Å². The number of carboxylic acid groups (broad SMARTS) is 1. The van der Waals surface area contributed by atoms with Gasteiger partial charge >= 0.3 is 5.97 Å². The lowest BCUT2D eigenvalue weighted by atomic mass is 10.1. The number of hydrogen-bond donors (Lipinski definition) is 1. The molecular weight excluding hydrogens is 578 g/mol. The molecule has 0 radical (unpaired) electrons. The summed E-state index contributed by atoms with van der Waals surface area (Å²) in [4.78, 5) is 25.3. The van der Waals surface area contributed by atoms with Gasteiger partial charge in [0.25, 0.3) is 0 Å². The lowest BCUT2D eigenvalue weighted by molar-refractivity contribution is -0.0592. The summed E-state index contributed by atoms with van der Waals surface area (Å²) in [6.45, 7) is 6.10. The molecule has 7 rings (SSSR count). The quantitative estimate of drug-likeness (QED) is 0.226. The number of thiophene rings is 1. The summed E-state index contributed by atoms with van der Waals surface area (Å²) < 4.78 is 22.6. The fraction of sp³-hybridized carbons (Fsp3) is 0.367. The van der Waals surface area contributed by atoms with Crippen molar-refractivity contribution in [3.63, 3.8) is 0 Å². The molecule has 1 N–H and O–H groups in total. The average Bonchev–Trinajstić information content (AvgIpc) is 3.65. The van der Waals surface area contributed by atoms with Crippen LogP contribution in [0.3, 0.4) is 0 Å². The Bertz CT molecular complexity index is 1810. The topological polar surface area (TPSA) is 104 Å². The predicted molar refractivity (Wildman–Crippen MR) is 160 cm³/mol. The highest BCUT2D eigenvalue weighted by atomic mass is 35.5. The molecule has 2 aliphatic heterocycles. The van der Waals surface area contributed by atoms with Crippen LogP contribution in [-0.4, -0.2) is 61.4 Å². The van der Waals surface area contributed by atoms with Crippen molar-refractivity contribution in [1.29, 1.82) is 0 Å². The molecule has 5 heterocycles. The molecule has 0 spiro atoms. The van der Waals surface area contributed by atoms with E-state index in [2.05, 4.69) is 27.0 Å². The maximum absolute atomic E-state index is 11.9. The summed E-state index contributed by atoms with van der Waals surface area (Å²) in [7, 11) is 1.54. The van der Waals surface area contributed by atoms with Crippen LogP contribution in [0.2, 0.25) is 4.34 Å². The SMILES string of the molecule is COc1cc(C(=O)O)cc2c1nc(CN1CCn3c(nc4c(OCc5ccc(Cl)s5)cccc43)[C@@H]1C)n2C[C@@H]1CCO1. The van der Waals surface area contributed by atoms with Crippen molar-refractivity contribution in [3.05, 3.63) is 68.9 Å². The van der Waals surface area contributed by atoms with Crippen LogP contribution in [0.25, 0.3) is 22.1 Å². The number of methoxy groups -OCH3 is 1. The number of nitrogens with zero attached hydrogens (tertiary/aromatic N) is 5. The number of hydrogen-bond acceptors (Lipinski definition) is 8. The molecule has 0 bridgehead atoms. The molecule has 2 aromatic carbocycles. The number of carbonyl (C=O) groups is 1. The van der Waals surface area contributed by atoms with E-state index in [0.717, 1.165) is 69.3 Å². The van der Waals surface area contributed by atoms with E-state index in [1.807, 2.05) is 24.3 Å². The molecule has 2 aliphatic rings. The minimum Gasteiger partial charge on any atom is -0.494 e. The average molecular weight is 608 g/mol. The van der Waals surface area contributed by atoms with Gasteiger partial charge in [-0.25, -0.2) is 14.8 Å². The molecule has 1 saturated heterocycles. The third-order valence-electron chi connectivity index (χ3n) is 8.19. The summed E-state index contributed by atoms with van der Waals surface area (Å²) >= 11 is 7.61. The summed E-state index contributed by atoms with van der Waals surface area (Å²) in [6.07, 6.45) is 1.04. The number of aromatic carboxylic acids is 1. The van der Waals surface area contributed by atoms with Gasteiger partial charge in [-0.15, -0.1) is 11.3 Å². The second-order valence-corrected chi connectivity index (χ2v) is 12.5. The Balaban J connectivity index is 1.20. The van der Waals surface area contributed by atoms with Gasteiger partial charge < -0.3 is 28.5 Å². The standard InChI is InChI=1S/C30H30ClN5O5S/c1-17-29-33-27-21(4-3-5-23(27)41-16-20-6-7-25(31)42-20)35(29)10-9-34(17)15-26-32-28-22(36(26)14-19-8-11-40-19)12-18(30(37)38)13-24(28)39-2/h3-7,12-13,17,19H,8-11,14-16H2,1-2H3,(H,37,38)/t17-,19-/m0/s1. The number of ether oxygens (including phenoxy) is 3. The van der Waals surface area contributed by atoms with Gasteiger partial charge in [0.1, 0.15) is 40.8 Å². The highest BCUT2D eigenvalue weighted by Crippen LogP contribution is 2.36. The van der Waals surface area contributed by atoms with Crippen LogP contribution in [0.15, 0.2) is 42.5 Å². The maximum atomic E-state index is 11.9. The fourth-order valence-electron chi connectivity index (χ4n) is 5.85. The molecule has 12 heteroatoms. The van der Waals surface area contributed by atoms with Gasteiger partial charge in [0, 0.05) is 24.6 Å². The third-order valence-corrected chi connectivity index (χ3v) is 9.40. The Hall–Kier alpha value is -3.64. The Labute approximate surface area is 251 Å². The maximum Gasteiger partial charge on any atom is 0.335 e. The predicted octanol–water partition coefficient (Wildman–Crippen LogP) is 5.75. The highest BCUT2D eigenvalue weighted by molar-refractivity contribution is 7.16. The molecule has 2 atom stereocenters. The minimum absolute atomic E-state index is 0.0137. The summed E-state index contributed by atoms with van der Waals surface area (Å²) in [5.41, 5.74) is 3.47. The van der Waals surface area contributed by atoms with E-state index >= 15 is 0 Å². The Morgan fingerprint density at radius 2 is 1.98 bits per heavy atom. The first-order valence-corrected chi connectivity index (χ1v) is 15.1. The van der Waals surface area contributed by atoms with Crippen molar-refractivity contribution in [2.75, 3.05) is 20.3 Å². The van der Waals surface area contributed by atoms with Gasteiger partial charge in [0.15, 0.2) is 0 Å². The number of halogens is 1. The lowest BCUT2D eigenvalue weighted by Gasteiger charge is -2.34. The van der Waals surface area contributed by atoms with Gasteiger partial charge in [-0.2, -0.15) is 0 Å². The Morgan fingerprint density at radius 3 is 2.69 bits per heavy atom. The molecule has 5 aromatic rings. The number of aromatic nitrogens is 4. The molecule has 0 amide bonds. The van der Waals surface area contributed by atoms with Crippen molar-refractivity contribution < 1.29 is 24.1 Å². The smallest absolute Gasteiger partial charge is 0.335 e. The van der Waals surface area contributed by atoms with Crippen LogP contribution < -0.4 is 9.47 Å². The van der Waals surface area contributed by atoms with Crippen LogP contribution in [-0.2, 0) is 31.0 Å². The number of benzene rings is 2. The van der Waals surface area contributed by atoms with Crippen molar-refractivity contribution >= 4 is 51.0 Å². The third kappa shape index (κ3) is 4.80. The van der Waals surface area contributed by atoms with Crippen LogP contribution >= 0.6 is 22.9 Å². The van der Waals surface area contributed by atoms with Gasteiger partial charge in [-0.1, -0.05) is 17.7 Å². The van der Waals surface area contributed by atoms with E-state index in [0.29, 0.717) is 31.0 Å². The van der Waals surface area contributed by atoms with E-state index < -0.39 is 5.97 Å². The zero-order valence-corrected chi connectivity index (χ0v) is 24.8. The highest BCUT2D eigenvalue weighted by Gasteiger charge is 2.31. The first-order valence-electron chi connectivity index (χ1n) is 13.9. The fourth-order valence-corrected chi connectivity index (χ4v) is 6.85. The molecule has 1 fully saturated rings. The molecule has 42 heavy (non-hydrogen) atoms. The zero-order chi connectivity index (χ0) is 29.0. The first-order chi connectivity index (χ1) is 20.4. The number of imidazole rings is 2. The van der Waals surface area contributed by atoms with Crippen molar-refractivity contribution in [2.45, 2.75) is 51.7 Å². The summed E-state index contributed by atoms with van der Waals surface area (Å²) in [5, 5.41) is 9.72. The van der Waals surface area contributed by atoms with Gasteiger partial charge in [0.2, 0.25) is 0 Å². The number of para-hydroxylation sites is 1. The van der Waals surface area contributed by atoms with Crippen molar-refractivity contribution in [3.8, 4) is 11.5 Å². The summed E-state index contributed by atoms with van der Waals surface area (Å²) in [5.74, 6) is 2.01. The second kappa shape index (κ2) is 10.9. The number of carboxylic acids is 1. The van der Waals surface area contributed by atoms with E-state index in [-0.39, 0.29) is 17.7 Å². The Morgan fingerprint density at radius 1 is 1.14 bits per heavy atom. The van der Waals surface area contributed by atoms with Crippen molar-refractivity contribution in [2.24, 2.45) is 0 Å². The van der Waals surface area contributed by atoms with E-state index in [1.165, 1.54) is 17.4 Å². The normalized spacial score (nSPS) is 18.7. The van der Waals surface area contributed by atoms with Crippen LogP contribution in [0, 0.1) is 0 Å². The molecule has 218 valence electrons. The molecule has 0 saturated carbocycles. The van der Waals surface area contributed by atoms with Crippen LogP contribution in [0.4, 0.5) is 0 Å². The summed E-state index contributed by atoms with van der Waals surface area (Å²) in [6, 6.07) is 13.1. The lowest BCUT2D eigenvalue weighted by Crippen LogP contribution is -2.38. The second-order valence-electron chi connectivity index (χ2n) is 10.7. The Kier molecular flexibility index (Phi) is 7.05. The zero-order valence-electron chi connectivity index (χ0n) is 23.2.